The molecule has 31 heavy (non-hydrogen) atoms. The lowest BCUT2D eigenvalue weighted by atomic mass is 9.99. The topological polar surface area (TPSA) is 82.7 Å². The van der Waals surface area contributed by atoms with Crippen LogP contribution in [0.25, 0.3) is 34.1 Å². The zero-order valence-corrected chi connectivity index (χ0v) is 16.6. The molecule has 5 heteroatoms. The highest BCUT2D eigenvalue weighted by molar-refractivity contribution is 6.29. The Morgan fingerprint density at radius 1 is 0.968 bits per heavy atom. The maximum Gasteiger partial charge on any atom is 0.194 e. The van der Waals surface area contributed by atoms with Crippen molar-refractivity contribution in [1.82, 2.24) is 4.57 Å². The summed E-state index contributed by atoms with van der Waals surface area (Å²) in [5, 5.41) is 18.9. The average Bonchev–Trinajstić information content (AvgIpc) is 3.43. The first kappa shape index (κ1) is 18.4. The monoisotopic (exact) mass is 401 g/mol. The zero-order chi connectivity index (χ0) is 21.5. The lowest BCUT2D eigenvalue weighted by Gasteiger charge is -2.03. The predicted molar refractivity (Wildman–Crippen MR) is 118 cm³/mol. The number of aromatic nitrogens is 1. The van der Waals surface area contributed by atoms with Crippen LogP contribution in [0.5, 0.6) is 0 Å². The molecule has 0 bridgehead atoms. The van der Waals surface area contributed by atoms with Gasteiger partial charge in [0.2, 0.25) is 0 Å². The molecule has 0 spiro atoms. The summed E-state index contributed by atoms with van der Waals surface area (Å²) in [6, 6.07) is 24.6. The molecule has 0 aliphatic heterocycles. The van der Waals surface area contributed by atoms with Crippen molar-refractivity contribution in [3.8, 4) is 23.5 Å². The molecule has 2 aromatic heterocycles. The van der Waals surface area contributed by atoms with E-state index in [1.54, 1.807) is 30.3 Å². The van der Waals surface area contributed by atoms with Crippen LogP contribution in [0.15, 0.2) is 82.3 Å². The SMILES string of the molecule is Cn1c(/C=C2\C(=O)c3ccccc3C2=C(C#N)C#N)cc2oc(-c3ccccc3)cc21. The van der Waals surface area contributed by atoms with Crippen molar-refractivity contribution in [2.24, 2.45) is 7.05 Å². The molecule has 0 amide bonds. The number of hydrogen-bond donors (Lipinski definition) is 0. The van der Waals surface area contributed by atoms with E-state index < -0.39 is 0 Å². The van der Waals surface area contributed by atoms with Crippen LogP contribution >= 0.6 is 0 Å². The Hall–Kier alpha value is -4.61. The second-order valence-corrected chi connectivity index (χ2v) is 7.26. The van der Waals surface area contributed by atoms with Crippen LogP contribution in [0, 0.1) is 22.7 Å². The number of allylic oxidation sites excluding steroid dienone is 3. The number of ketones is 1. The van der Waals surface area contributed by atoms with Gasteiger partial charge in [-0.15, -0.1) is 0 Å². The normalized spacial score (nSPS) is 14.0. The van der Waals surface area contributed by atoms with Crippen LogP contribution in [-0.4, -0.2) is 10.4 Å². The molecule has 0 saturated carbocycles. The standard InChI is InChI=1S/C26H15N3O2/c1-29-18(12-24-22(29)13-23(31-24)16-7-3-2-4-8-16)11-21-25(17(14-27)15-28)19-9-5-6-10-20(19)26(21)30/h2-13H,1H3/b21-11-. The van der Waals surface area contributed by atoms with Gasteiger partial charge in [0.15, 0.2) is 11.4 Å². The molecular weight excluding hydrogens is 386 g/mol. The van der Waals surface area contributed by atoms with E-state index in [0.29, 0.717) is 27.9 Å². The Kier molecular flexibility index (Phi) is 4.17. The number of nitriles is 2. The van der Waals surface area contributed by atoms with E-state index >= 15 is 0 Å². The summed E-state index contributed by atoms with van der Waals surface area (Å²) in [6.45, 7) is 0. The number of Topliss-reactive ketones (excluding diaryl/α,β-unsaturated/α-hetero) is 1. The summed E-state index contributed by atoms with van der Waals surface area (Å²) >= 11 is 0. The molecule has 0 unspecified atom stereocenters. The van der Waals surface area contributed by atoms with Crippen LogP contribution in [0.1, 0.15) is 21.6 Å². The Bertz CT molecular complexity index is 1500. The fourth-order valence-corrected chi connectivity index (χ4v) is 4.01. The Labute approximate surface area is 178 Å². The van der Waals surface area contributed by atoms with Crippen molar-refractivity contribution in [2.45, 2.75) is 0 Å². The van der Waals surface area contributed by atoms with Gasteiger partial charge in [0.05, 0.1) is 5.52 Å². The zero-order valence-electron chi connectivity index (χ0n) is 16.6. The number of furan rings is 1. The number of aryl methyl sites for hydroxylation is 1. The van der Waals surface area contributed by atoms with Gasteiger partial charge < -0.3 is 8.98 Å². The van der Waals surface area contributed by atoms with Gasteiger partial charge in [0.1, 0.15) is 23.5 Å². The smallest absolute Gasteiger partial charge is 0.194 e. The number of nitrogens with zero attached hydrogens (tertiary/aromatic N) is 3. The van der Waals surface area contributed by atoms with Crippen molar-refractivity contribution in [3.05, 3.63) is 94.7 Å². The number of rotatable bonds is 2. The fourth-order valence-electron chi connectivity index (χ4n) is 4.01. The molecule has 0 N–H and O–H groups in total. The molecule has 5 nitrogen and oxygen atoms in total. The van der Waals surface area contributed by atoms with Gasteiger partial charge in [-0.05, 0) is 11.6 Å². The predicted octanol–water partition coefficient (Wildman–Crippen LogP) is 5.52. The molecule has 2 aromatic carbocycles. The second kappa shape index (κ2) is 7.02. The lowest BCUT2D eigenvalue weighted by molar-refractivity contribution is 0.104. The van der Waals surface area contributed by atoms with Crippen molar-refractivity contribution >= 4 is 28.5 Å². The maximum absolute atomic E-state index is 13.1. The van der Waals surface area contributed by atoms with E-state index in [0.717, 1.165) is 22.5 Å². The Balaban J connectivity index is 1.67. The highest BCUT2D eigenvalue weighted by atomic mass is 16.3. The number of carbonyl (C=O) groups excluding carboxylic acids is 1. The molecule has 146 valence electrons. The minimum absolute atomic E-state index is 0.0752. The Morgan fingerprint density at radius 3 is 2.32 bits per heavy atom. The molecule has 2 heterocycles. The average molecular weight is 401 g/mol. The third-order valence-corrected chi connectivity index (χ3v) is 5.55. The van der Waals surface area contributed by atoms with Crippen molar-refractivity contribution < 1.29 is 9.21 Å². The van der Waals surface area contributed by atoms with Crippen LogP contribution in [-0.2, 0) is 7.05 Å². The molecular formula is C26H15N3O2. The van der Waals surface area contributed by atoms with E-state index in [2.05, 4.69) is 0 Å². The summed E-state index contributed by atoms with van der Waals surface area (Å²) in [6.07, 6.45) is 1.73. The number of hydrogen-bond acceptors (Lipinski definition) is 4. The summed E-state index contributed by atoms with van der Waals surface area (Å²) in [5.41, 5.74) is 5.07. The number of benzene rings is 2. The molecule has 1 aliphatic carbocycles. The van der Waals surface area contributed by atoms with Crippen molar-refractivity contribution in [3.63, 3.8) is 0 Å². The summed E-state index contributed by atoms with van der Waals surface area (Å²) in [5.74, 6) is 0.568. The lowest BCUT2D eigenvalue weighted by Crippen LogP contribution is -1.98. The third kappa shape index (κ3) is 2.80. The number of carbonyl (C=O) groups is 1. The highest BCUT2D eigenvalue weighted by Crippen LogP contribution is 2.40. The maximum atomic E-state index is 13.1. The molecule has 5 rings (SSSR count). The van der Waals surface area contributed by atoms with E-state index in [1.165, 1.54) is 0 Å². The first-order valence-corrected chi connectivity index (χ1v) is 9.67. The second-order valence-electron chi connectivity index (χ2n) is 7.26. The van der Waals surface area contributed by atoms with Gasteiger partial charge in [0.25, 0.3) is 0 Å². The first-order valence-electron chi connectivity index (χ1n) is 9.67. The minimum atomic E-state index is -0.198. The van der Waals surface area contributed by atoms with E-state index in [9.17, 15) is 15.3 Å². The molecule has 1 aliphatic rings. The van der Waals surface area contributed by atoms with Gasteiger partial charge in [-0.25, -0.2) is 0 Å². The van der Waals surface area contributed by atoms with Crippen LogP contribution in [0.3, 0.4) is 0 Å². The van der Waals surface area contributed by atoms with Crippen LogP contribution < -0.4 is 0 Å². The van der Waals surface area contributed by atoms with Gasteiger partial charge in [-0.2, -0.15) is 10.5 Å². The molecule has 0 saturated heterocycles. The van der Waals surface area contributed by atoms with E-state index in [4.69, 9.17) is 4.42 Å². The Morgan fingerprint density at radius 2 is 1.65 bits per heavy atom. The summed E-state index contributed by atoms with van der Waals surface area (Å²) in [7, 11) is 1.89. The van der Waals surface area contributed by atoms with E-state index in [1.807, 2.05) is 66.2 Å². The first-order chi connectivity index (χ1) is 15.1. The van der Waals surface area contributed by atoms with E-state index in [-0.39, 0.29) is 11.4 Å². The summed E-state index contributed by atoms with van der Waals surface area (Å²) in [4.78, 5) is 13.1. The van der Waals surface area contributed by atoms with Gasteiger partial charge in [-0.1, -0.05) is 54.6 Å². The van der Waals surface area contributed by atoms with Crippen molar-refractivity contribution in [1.29, 1.82) is 10.5 Å². The van der Waals surface area contributed by atoms with Gasteiger partial charge in [-0.3, -0.25) is 4.79 Å². The largest absolute Gasteiger partial charge is 0.454 e. The van der Waals surface area contributed by atoms with Gasteiger partial charge in [0, 0.05) is 47.1 Å². The minimum Gasteiger partial charge on any atom is -0.454 e. The fraction of sp³-hybridized carbons (Fsp3) is 0.0385. The van der Waals surface area contributed by atoms with Crippen LogP contribution in [0.4, 0.5) is 0 Å². The molecule has 4 aromatic rings. The summed E-state index contributed by atoms with van der Waals surface area (Å²) < 4.78 is 7.97. The quantitative estimate of drug-likeness (QED) is 0.327. The molecule has 0 atom stereocenters. The number of fused-ring (bicyclic) bond motifs is 2. The molecule has 0 fully saturated rings. The van der Waals surface area contributed by atoms with Gasteiger partial charge >= 0.3 is 0 Å². The molecule has 0 radical (unpaired) electrons. The van der Waals surface area contributed by atoms with Crippen molar-refractivity contribution in [2.75, 3.05) is 0 Å². The highest BCUT2D eigenvalue weighted by Gasteiger charge is 2.32. The third-order valence-electron chi connectivity index (χ3n) is 5.55. The van der Waals surface area contributed by atoms with Crippen LogP contribution in [0.2, 0.25) is 0 Å².